The molecule has 2 aromatic rings. The number of nitrogens with zero attached hydrogens (tertiary/aromatic N) is 4. The number of nitrogens with two attached hydrogens (primary N) is 1. The molecule has 2 amide bonds. The molecule has 1 saturated heterocycles. The zero-order valence-corrected chi connectivity index (χ0v) is 18.2. The van der Waals surface area contributed by atoms with Crippen LogP contribution in [0.3, 0.4) is 0 Å². The number of benzene rings is 1. The first-order valence-corrected chi connectivity index (χ1v) is 9.93. The van der Waals surface area contributed by atoms with Gasteiger partial charge in [-0.1, -0.05) is 32.9 Å². The summed E-state index contributed by atoms with van der Waals surface area (Å²) in [5.74, 6) is 0.170. The molecule has 0 radical (unpaired) electrons. The van der Waals surface area contributed by atoms with Gasteiger partial charge in [-0.05, 0) is 17.7 Å². The van der Waals surface area contributed by atoms with Crippen molar-refractivity contribution in [2.75, 3.05) is 38.7 Å². The summed E-state index contributed by atoms with van der Waals surface area (Å²) in [5, 5.41) is 0. The second-order valence-electron chi connectivity index (χ2n) is 8.67. The fourth-order valence-electron chi connectivity index (χ4n) is 3.36. The fraction of sp³-hybridized carbons (Fsp3) is 0.455. The summed E-state index contributed by atoms with van der Waals surface area (Å²) in [4.78, 5) is 37.1. The van der Waals surface area contributed by atoms with Crippen LogP contribution in [0.2, 0.25) is 0 Å². The molecular formula is C22H29N5O3. The van der Waals surface area contributed by atoms with Crippen LogP contribution in [0.5, 0.6) is 0 Å². The van der Waals surface area contributed by atoms with Gasteiger partial charge in [-0.25, -0.2) is 9.97 Å². The highest BCUT2D eigenvalue weighted by molar-refractivity contribution is 5.93. The smallest absolute Gasteiger partial charge is 0.248 e. The minimum Gasteiger partial charge on any atom is -0.368 e. The van der Waals surface area contributed by atoms with Gasteiger partial charge in [-0.2, -0.15) is 0 Å². The molecule has 0 saturated carbocycles. The Balaban J connectivity index is 2.00. The van der Waals surface area contributed by atoms with Crippen molar-refractivity contribution in [1.29, 1.82) is 0 Å². The first-order chi connectivity index (χ1) is 14.1. The number of carbonyl (C=O) groups excluding carboxylic acids is 2. The monoisotopic (exact) mass is 411 g/mol. The average molecular weight is 412 g/mol. The Hall–Kier alpha value is -3.00. The lowest BCUT2D eigenvalue weighted by Gasteiger charge is -2.36. The number of aromatic nitrogens is 2. The zero-order valence-electron chi connectivity index (χ0n) is 18.2. The molecule has 8 heteroatoms. The van der Waals surface area contributed by atoms with Gasteiger partial charge in [0.15, 0.2) is 0 Å². The zero-order chi connectivity index (χ0) is 22.1. The lowest BCUT2D eigenvalue weighted by Crippen LogP contribution is -2.47. The van der Waals surface area contributed by atoms with Gasteiger partial charge in [-0.15, -0.1) is 0 Å². The summed E-state index contributed by atoms with van der Waals surface area (Å²) >= 11 is 0. The molecule has 1 aromatic heterocycles. The predicted octanol–water partition coefficient (Wildman–Crippen LogP) is 2.25. The maximum Gasteiger partial charge on any atom is 0.248 e. The normalized spacial score (nSPS) is 17.0. The second-order valence-corrected chi connectivity index (χ2v) is 8.67. The standard InChI is InChI=1S/C22H29N5O3/c1-22(2,3)20(29)27-10-11-30-17(13-27)18-16(12-24-21(25-18)26(4)5)14-6-8-15(9-7-14)19(23)28/h6-9,12,17H,10-11,13H2,1-5H3,(H2,23,28)/t17-/m0/s1. The van der Waals surface area contributed by atoms with Crippen molar-refractivity contribution in [3.05, 3.63) is 41.7 Å². The van der Waals surface area contributed by atoms with Crippen LogP contribution in [0.25, 0.3) is 11.1 Å². The molecule has 1 aromatic carbocycles. The van der Waals surface area contributed by atoms with Crippen LogP contribution >= 0.6 is 0 Å². The van der Waals surface area contributed by atoms with Crippen LogP contribution < -0.4 is 10.6 Å². The first-order valence-electron chi connectivity index (χ1n) is 9.93. The van der Waals surface area contributed by atoms with Crippen molar-refractivity contribution < 1.29 is 14.3 Å². The first kappa shape index (κ1) is 21.7. The van der Waals surface area contributed by atoms with Crippen molar-refractivity contribution >= 4 is 17.8 Å². The number of ether oxygens (including phenoxy) is 1. The van der Waals surface area contributed by atoms with E-state index in [2.05, 4.69) is 4.98 Å². The van der Waals surface area contributed by atoms with E-state index < -0.39 is 11.3 Å². The van der Waals surface area contributed by atoms with E-state index in [0.29, 0.717) is 36.9 Å². The summed E-state index contributed by atoms with van der Waals surface area (Å²) in [5.41, 5.74) is 7.69. The lowest BCUT2D eigenvalue weighted by molar-refractivity contribution is -0.147. The molecule has 1 aliphatic heterocycles. The molecule has 2 heterocycles. The van der Waals surface area contributed by atoms with Crippen LogP contribution in [-0.4, -0.2) is 60.5 Å². The summed E-state index contributed by atoms with van der Waals surface area (Å²) in [7, 11) is 3.75. The van der Waals surface area contributed by atoms with Crippen molar-refractivity contribution in [3.63, 3.8) is 0 Å². The Kier molecular flexibility index (Phi) is 6.07. The molecular weight excluding hydrogens is 382 g/mol. The van der Waals surface area contributed by atoms with Crippen molar-refractivity contribution in [3.8, 4) is 11.1 Å². The van der Waals surface area contributed by atoms with Gasteiger partial charge in [0.2, 0.25) is 17.8 Å². The summed E-state index contributed by atoms with van der Waals surface area (Å²) in [6.07, 6.45) is 1.38. The number of primary amides is 1. The number of rotatable bonds is 4. The van der Waals surface area contributed by atoms with Crippen molar-refractivity contribution in [2.24, 2.45) is 11.1 Å². The van der Waals surface area contributed by atoms with E-state index in [4.69, 9.17) is 15.5 Å². The van der Waals surface area contributed by atoms with E-state index in [0.717, 1.165) is 11.1 Å². The topological polar surface area (TPSA) is 102 Å². The molecule has 30 heavy (non-hydrogen) atoms. The summed E-state index contributed by atoms with van der Waals surface area (Å²) < 4.78 is 6.04. The van der Waals surface area contributed by atoms with E-state index in [1.165, 1.54) is 0 Å². The lowest BCUT2D eigenvalue weighted by atomic mass is 9.94. The van der Waals surface area contributed by atoms with Crippen molar-refractivity contribution in [1.82, 2.24) is 14.9 Å². The van der Waals surface area contributed by atoms with Gasteiger partial charge in [0.25, 0.3) is 0 Å². The molecule has 1 aliphatic rings. The van der Waals surface area contributed by atoms with Crippen LogP contribution in [0, 0.1) is 5.41 Å². The molecule has 0 unspecified atom stereocenters. The van der Waals surface area contributed by atoms with Crippen LogP contribution in [0.1, 0.15) is 42.9 Å². The molecule has 160 valence electrons. The molecule has 3 rings (SSSR count). The third-order valence-corrected chi connectivity index (χ3v) is 4.99. The third kappa shape index (κ3) is 4.59. The van der Waals surface area contributed by atoms with E-state index >= 15 is 0 Å². The number of carbonyl (C=O) groups is 2. The highest BCUT2D eigenvalue weighted by atomic mass is 16.5. The molecule has 1 atom stereocenters. The van der Waals surface area contributed by atoms with Gasteiger partial charge in [0.1, 0.15) is 6.10 Å². The molecule has 2 N–H and O–H groups in total. The third-order valence-electron chi connectivity index (χ3n) is 4.99. The Morgan fingerprint density at radius 1 is 1.20 bits per heavy atom. The summed E-state index contributed by atoms with van der Waals surface area (Å²) in [6, 6.07) is 6.99. The number of anilines is 1. The highest BCUT2D eigenvalue weighted by Crippen LogP contribution is 2.32. The Morgan fingerprint density at radius 2 is 1.87 bits per heavy atom. The van der Waals surface area contributed by atoms with Gasteiger partial charge in [-0.3, -0.25) is 9.59 Å². The summed E-state index contributed by atoms with van der Waals surface area (Å²) in [6.45, 7) is 7.17. The fourth-order valence-corrected chi connectivity index (χ4v) is 3.36. The van der Waals surface area contributed by atoms with Crippen LogP contribution in [0.15, 0.2) is 30.5 Å². The van der Waals surface area contributed by atoms with Gasteiger partial charge < -0.3 is 20.3 Å². The minimum absolute atomic E-state index is 0.0880. The average Bonchev–Trinajstić information content (AvgIpc) is 2.72. The number of hydrogen-bond donors (Lipinski definition) is 1. The van der Waals surface area contributed by atoms with Crippen LogP contribution in [0.4, 0.5) is 5.95 Å². The van der Waals surface area contributed by atoms with Gasteiger partial charge >= 0.3 is 0 Å². The minimum atomic E-state index is -0.479. The van der Waals surface area contributed by atoms with E-state index in [1.54, 1.807) is 18.3 Å². The number of amides is 2. The van der Waals surface area contributed by atoms with E-state index in [1.807, 2.05) is 56.8 Å². The number of morpholine rings is 1. The predicted molar refractivity (Wildman–Crippen MR) is 115 cm³/mol. The number of hydrogen-bond acceptors (Lipinski definition) is 6. The molecule has 8 nitrogen and oxygen atoms in total. The quantitative estimate of drug-likeness (QED) is 0.828. The highest BCUT2D eigenvalue weighted by Gasteiger charge is 2.33. The molecule has 0 bridgehead atoms. The van der Waals surface area contributed by atoms with Gasteiger partial charge in [0, 0.05) is 43.4 Å². The Morgan fingerprint density at radius 3 is 2.43 bits per heavy atom. The Bertz CT molecular complexity index is 935. The van der Waals surface area contributed by atoms with E-state index in [-0.39, 0.29) is 12.0 Å². The van der Waals surface area contributed by atoms with Crippen LogP contribution in [-0.2, 0) is 9.53 Å². The van der Waals surface area contributed by atoms with Gasteiger partial charge in [0.05, 0.1) is 18.8 Å². The largest absolute Gasteiger partial charge is 0.368 e. The molecule has 0 aliphatic carbocycles. The maximum atomic E-state index is 12.8. The molecule has 1 fully saturated rings. The second kappa shape index (κ2) is 8.39. The Labute approximate surface area is 177 Å². The SMILES string of the molecule is CN(C)c1ncc(-c2ccc(C(N)=O)cc2)c([C@@H]2CN(C(=O)C(C)(C)C)CCO2)n1. The van der Waals surface area contributed by atoms with E-state index in [9.17, 15) is 9.59 Å². The van der Waals surface area contributed by atoms with Crippen molar-refractivity contribution in [2.45, 2.75) is 26.9 Å². The molecule has 0 spiro atoms. The maximum absolute atomic E-state index is 12.8.